The Morgan fingerprint density at radius 2 is 1.67 bits per heavy atom. The predicted molar refractivity (Wildman–Crippen MR) is 138 cm³/mol. The van der Waals surface area contributed by atoms with Crippen LogP contribution in [-0.2, 0) is 4.79 Å². The molecule has 2 fully saturated rings. The molecule has 0 radical (unpaired) electrons. The third kappa shape index (κ3) is 4.65. The fourth-order valence-corrected chi connectivity index (χ4v) is 6.19. The van der Waals surface area contributed by atoms with Crippen LogP contribution in [0.3, 0.4) is 0 Å². The Kier molecular flexibility index (Phi) is 6.74. The third-order valence-corrected chi connectivity index (χ3v) is 8.03. The van der Waals surface area contributed by atoms with Gasteiger partial charge in [0.15, 0.2) is 0 Å². The van der Waals surface area contributed by atoms with Crippen LogP contribution >= 0.6 is 0 Å². The normalized spacial score (nSPS) is 22.7. The topological polar surface area (TPSA) is 103 Å². The summed E-state index contributed by atoms with van der Waals surface area (Å²) in [4.78, 5) is 26.5. The Labute approximate surface area is 213 Å². The van der Waals surface area contributed by atoms with Crippen molar-refractivity contribution in [1.82, 2.24) is 5.32 Å². The zero-order valence-corrected chi connectivity index (χ0v) is 21.7. The number of carboxylic acids is 1. The molecular formula is C29H35N3O4. The second-order valence-corrected chi connectivity index (χ2v) is 11.3. The number of hydrogen-bond donors (Lipinski definition) is 2. The lowest BCUT2D eigenvalue weighted by Gasteiger charge is -2.63. The first-order valence-corrected chi connectivity index (χ1v) is 12.5. The molecule has 1 aliphatic carbocycles. The fraction of sp³-hybridized carbons (Fsp3) is 0.483. The van der Waals surface area contributed by atoms with Crippen LogP contribution in [0.25, 0.3) is 0 Å². The number of aliphatic carboxylic acids is 1. The number of rotatable bonds is 6. The Morgan fingerprint density at radius 3 is 2.19 bits per heavy atom. The van der Waals surface area contributed by atoms with Crippen LogP contribution in [0.5, 0.6) is 5.75 Å². The number of nitrogens with zero attached hydrogens (tertiary/aromatic N) is 2. The van der Waals surface area contributed by atoms with Crippen LogP contribution in [0.2, 0.25) is 0 Å². The molecule has 36 heavy (non-hydrogen) atoms. The smallest absolute Gasteiger partial charge is 0.306 e. The standard InChI is InChI=1S/C29H35N3O4/c1-18-16-23(11-8-21(18)17-30)36-27-28(2,3)26(29(27,4)5)31-24(33)19-6-9-22(10-7-19)32-14-12-20(13-15-32)25(34)35/h6-11,16,20,26-27H,12-15H2,1-5H3,(H,31,33)(H,34,35). The Hall–Kier alpha value is -3.53. The summed E-state index contributed by atoms with van der Waals surface area (Å²) in [6.07, 6.45) is 1.15. The van der Waals surface area contributed by atoms with Crippen molar-refractivity contribution in [3.63, 3.8) is 0 Å². The number of hydrogen-bond acceptors (Lipinski definition) is 5. The van der Waals surface area contributed by atoms with Crippen LogP contribution < -0.4 is 15.0 Å². The molecular weight excluding hydrogens is 454 g/mol. The van der Waals surface area contributed by atoms with Gasteiger partial charge in [-0.05, 0) is 67.8 Å². The number of piperidine rings is 1. The van der Waals surface area contributed by atoms with E-state index in [0.717, 1.165) is 17.0 Å². The molecule has 0 unspecified atom stereocenters. The molecule has 2 aliphatic rings. The quantitative estimate of drug-likeness (QED) is 0.605. The van der Waals surface area contributed by atoms with Crippen molar-refractivity contribution in [1.29, 1.82) is 5.26 Å². The van der Waals surface area contributed by atoms with Gasteiger partial charge in [0.2, 0.25) is 0 Å². The van der Waals surface area contributed by atoms with Crippen LogP contribution in [0, 0.1) is 35.0 Å². The highest BCUT2D eigenvalue weighted by atomic mass is 16.5. The molecule has 1 saturated heterocycles. The average molecular weight is 490 g/mol. The molecule has 0 atom stereocenters. The highest BCUT2D eigenvalue weighted by molar-refractivity contribution is 5.95. The molecule has 2 N–H and O–H groups in total. The number of nitrogens with one attached hydrogen (secondary N) is 1. The van der Waals surface area contributed by atoms with Crippen molar-refractivity contribution in [3.05, 3.63) is 59.2 Å². The highest BCUT2D eigenvalue weighted by Crippen LogP contribution is 2.55. The monoisotopic (exact) mass is 489 g/mol. The van der Waals surface area contributed by atoms with Crippen molar-refractivity contribution in [2.45, 2.75) is 59.6 Å². The molecule has 0 spiro atoms. The number of amides is 1. The van der Waals surface area contributed by atoms with Gasteiger partial charge in [-0.2, -0.15) is 5.26 Å². The van der Waals surface area contributed by atoms with E-state index in [1.165, 1.54) is 0 Å². The van der Waals surface area contributed by atoms with E-state index in [-0.39, 0.29) is 34.8 Å². The van der Waals surface area contributed by atoms with Gasteiger partial charge in [0.05, 0.1) is 17.6 Å². The molecule has 1 amide bonds. The number of nitriles is 1. The summed E-state index contributed by atoms with van der Waals surface area (Å²) in [6, 6.07) is 15.1. The van der Waals surface area contributed by atoms with Gasteiger partial charge in [0.1, 0.15) is 11.9 Å². The lowest BCUT2D eigenvalue weighted by molar-refractivity contribution is -0.164. The molecule has 2 aromatic carbocycles. The van der Waals surface area contributed by atoms with Crippen molar-refractivity contribution in [2.75, 3.05) is 18.0 Å². The number of ether oxygens (including phenoxy) is 1. The van der Waals surface area contributed by atoms with E-state index in [9.17, 15) is 20.0 Å². The molecule has 0 bridgehead atoms. The third-order valence-electron chi connectivity index (χ3n) is 8.03. The lowest BCUT2D eigenvalue weighted by atomic mass is 9.49. The first-order valence-electron chi connectivity index (χ1n) is 12.5. The largest absolute Gasteiger partial charge is 0.489 e. The Bertz CT molecular complexity index is 1170. The zero-order chi connectivity index (χ0) is 26.3. The van der Waals surface area contributed by atoms with Gasteiger partial charge in [-0.3, -0.25) is 9.59 Å². The van der Waals surface area contributed by atoms with E-state index >= 15 is 0 Å². The predicted octanol–water partition coefficient (Wildman–Crippen LogP) is 4.78. The van der Waals surface area contributed by atoms with Gasteiger partial charge in [0, 0.05) is 41.2 Å². The van der Waals surface area contributed by atoms with Gasteiger partial charge in [-0.15, -0.1) is 0 Å². The summed E-state index contributed by atoms with van der Waals surface area (Å²) in [5, 5.41) is 21.6. The van der Waals surface area contributed by atoms with E-state index in [1.807, 2.05) is 43.3 Å². The average Bonchev–Trinajstić information content (AvgIpc) is 2.85. The van der Waals surface area contributed by atoms with Gasteiger partial charge in [0.25, 0.3) is 5.91 Å². The van der Waals surface area contributed by atoms with Crippen LogP contribution in [-0.4, -0.2) is 42.2 Å². The van der Waals surface area contributed by atoms with E-state index in [2.05, 4.69) is 44.0 Å². The van der Waals surface area contributed by atoms with Gasteiger partial charge in [-0.25, -0.2) is 0 Å². The van der Waals surface area contributed by atoms with Crippen LogP contribution in [0.15, 0.2) is 42.5 Å². The molecule has 0 aromatic heterocycles. The number of carbonyl (C=O) groups excluding carboxylic acids is 1. The fourth-order valence-electron chi connectivity index (χ4n) is 6.19. The van der Waals surface area contributed by atoms with Crippen LogP contribution in [0.1, 0.15) is 62.0 Å². The summed E-state index contributed by atoms with van der Waals surface area (Å²) in [5.41, 5.74) is 2.52. The summed E-state index contributed by atoms with van der Waals surface area (Å²) in [6.45, 7) is 11.7. The van der Waals surface area contributed by atoms with Crippen molar-refractivity contribution in [3.8, 4) is 11.8 Å². The van der Waals surface area contributed by atoms with Gasteiger partial charge in [-0.1, -0.05) is 27.7 Å². The summed E-state index contributed by atoms with van der Waals surface area (Å²) in [7, 11) is 0. The Morgan fingerprint density at radius 1 is 1.06 bits per heavy atom. The van der Waals surface area contributed by atoms with Crippen molar-refractivity contribution >= 4 is 17.6 Å². The minimum atomic E-state index is -0.719. The number of carboxylic acid groups (broad SMARTS) is 1. The van der Waals surface area contributed by atoms with E-state index in [1.54, 1.807) is 6.07 Å². The minimum absolute atomic E-state index is 0.0864. The maximum absolute atomic E-state index is 13.1. The molecule has 2 aromatic rings. The first kappa shape index (κ1) is 25.6. The van der Waals surface area contributed by atoms with Gasteiger partial charge < -0.3 is 20.1 Å². The van der Waals surface area contributed by atoms with Gasteiger partial charge >= 0.3 is 5.97 Å². The molecule has 1 heterocycles. The van der Waals surface area contributed by atoms with Crippen molar-refractivity contribution in [2.24, 2.45) is 16.7 Å². The number of carbonyl (C=O) groups is 2. The summed E-state index contributed by atoms with van der Waals surface area (Å²) in [5.74, 6) is -0.382. The first-order chi connectivity index (χ1) is 16.9. The maximum atomic E-state index is 13.1. The molecule has 7 heteroatoms. The zero-order valence-electron chi connectivity index (χ0n) is 21.7. The number of benzene rings is 2. The lowest BCUT2D eigenvalue weighted by Crippen LogP contribution is -2.74. The SMILES string of the molecule is Cc1cc(OC2C(C)(C)C(NC(=O)c3ccc(N4CCC(C(=O)O)CC4)cc3)C2(C)C)ccc1C#N. The number of aryl methyl sites for hydroxylation is 1. The summed E-state index contributed by atoms with van der Waals surface area (Å²) >= 11 is 0. The molecule has 4 rings (SSSR count). The van der Waals surface area contributed by atoms with Crippen LogP contribution in [0.4, 0.5) is 5.69 Å². The minimum Gasteiger partial charge on any atom is -0.489 e. The highest BCUT2D eigenvalue weighted by Gasteiger charge is 2.64. The molecule has 190 valence electrons. The second-order valence-electron chi connectivity index (χ2n) is 11.3. The molecule has 1 saturated carbocycles. The molecule has 1 aliphatic heterocycles. The summed E-state index contributed by atoms with van der Waals surface area (Å²) < 4.78 is 6.38. The van der Waals surface area contributed by atoms with E-state index in [0.29, 0.717) is 37.1 Å². The van der Waals surface area contributed by atoms with E-state index < -0.39 is 5.97 Å². The van der Waals surface area contributed by atoms with Crippen molar-refractivity contribution < 1.29 is 19.4 Å². The second kappa shape index (κ2) is 9.50. The molecule has 7 nitrogen and oxygen atoms in total. The maximum Gasteiger partial charge on any atom is 0.306 e. The Balaban J connectivity index is 1.40. The number of anilines is 1. The van der Waals surface area contributed by atoms with E-state index in [4.69, 9.17) is 4.74 Å².